The molecule has 1 atom stereocenters. The second kappa shape index (κ2) is 5.64. The zero-order valence-electron chi connectivity index (χ0n) is 12.3. The van der Waals surface area contributed by atoms with Gasteiger partial charge in [0.2, 0.25) is 5.90 Å². The summed E-state index contributed by atoms with van der Waals surface area (Å²) in [5.41, 5.74) is -0.389. The molecule has 0 aliphatic carbocycles. The fourth-order valence-electron chi connectivity index (χ4n) is 2.61. The number of carbonyl (C=O) groups is 1. The van der Waals surface area contributed by atoms with Gasteiger partial charge in [-0.3, -0.25) is 0 Å². The van der Waals surface area contributed by atoms with Crippen LogP contribution in [0.15, 0.2) is 59.6 Å². The summed E-state index contributed by atoms with van der Waals surface area (Å²) in [6, 6.07) is 13.8. The summed E-state index contributed by atoms with van der Waals surface area (Å²) < 4.78 is 5.66. The van der Waals surface area contributed by atoms with E-state index in [9.17, 15) is 9.90 Å². The number of fused-ring (bicyclic) bond motifs is 1. The molecule has 0 spiro atoms. The van der Waals surface area contributed by atoms with Crippen molar-refractivity contribution in [1.29, 1.82) is 0 Å². The Morgan fingerprint density at radius 2 is 2.09 bits per heavy atom. The number of rotatable bonds is 4. The number of nitrogens with zero attached hydrogens (tertiary/aromatic N) is 1. The molecule has 1 heterocycles. The molecule has 0 saturated heterocycles. The van der Waals surface area contributed by atoms with Crippen molar-refractivity contribution in [3.8, 4) is 0 Å². The van der Waals surface area contributed by atoms with Gasteiger partial charge in [0.05, 0.1) is 0 Å². The van der Waals surface area contributed by atoms with E-state index in [0.29, 0.717) is 12.3 Å². The topological polar surface area (TPSA) is 58.9 Å². The molecule has 1 aliphatic rings. The summed E-state index contributed by atoms with van der Waals surface area (Å²) in [4.78, 5) is 16.1. The highest BCUT2D eigenvalue weighted by molar-refractivity contribution is 6.08. The van der Waals surface area contributed by atoms with Gasteiger partial charge in [-0.05, 0) is 23.8 Å². The summed E-state index contributed by atoms with van der Waals surface area (Å²) in [7, 11) is 0. The van der Waals surface area contributed by atoms with Crippen LogP contribution in [0.3, 0.4) is 0 Å². The first-order valence-corrected chi connectivity index (χ1v) is 7.22. The van der Waals surface area contributed by atoms with Crippen molar-refractivity contribution in [2.45, 2.75) is 18.9 Å². The van der Waals surface area contributed by atoms with E-state index in [-0.39, 0.29) is 6.61 Å². The minimum Gasteiger partial charge on any atom is -0.479 e. The first-order valence-electron chi connectivity index (χ1n) is 7.22. The number of aliphatic imine (C=N–C) groups is 1. The first kappa shape index (κ1) is 14.3. The van der Waals surface area contributed by atoms with Crippen LogP contribution in [-0.4, -0.2) is 29.1 Å². The Morgan fingerprint density at radius 3 is 2.86 bits per heavy atom. The lowest BCUT2D eigenvalue weighted by molar-refractivity contribution is -0.143. The first-order chi connectivity index (χ1) is 10.7. The van der Waals surface area contributed by atoms with Gasteiger partial charge < -0.3 is 9.84 Å². The fourth-order valence-corrected chi connectivity index (χ4v) is 2.61. The molecule has 0 radical (unpaired) electrons. The van der Waals surface area contributed by atoms with Crippen LogP contribution >= 0.6 is 0 Å². The molecule has 0 aromatic heterocycles. The van der Waals surface area contributed by atoms with Gasteiger partial charge in [-0.2, -0.15) is 0 Å². The molecule has 22 heavy (non-hydrogen) atoms. The molecule has 0 saturated carbocycles. The molecule has 0 amide bonds. The van der Waals surface area contributed by atoms with Crippen LogP contribution < -0.4 is 0 Å². The van der Waals surface area contributed by atoms with Crippen LogP contribution in [-0.2, 0) is 9.53 Å². The Bertz CT molecular complexity index is 774. The van der Waals surface area contributed by atoms with Crippen LogP contribution in [0.1, 0.15) is 18.9 Å². The smallest absolute Gasteiger partial charge is 0.335 e. The second-order valence-corrected chi connectivity index (χ2v) is 5.34. The van der Waals surface area contributed by atoms with E-state index in [1.54, 1.807) is 0 Å². The van der Waals surface area contributed by atoms with Gasteiger partial charge in [0.15, 0.2) is 5.54 Å². The van der Waals surface area contributed by atoms with Crippen molar-refractivity contribution < 1.29 is 14.6 Å². The van der Waals surface area contributed by atoms with Gasteiger partial charge in [0, 0.05) is 12.0 Å². The highest BCUT2D eigenvalue weighted by atomic mass is 16.5. The lowest BCUT2D eigenvalue weighted by Gasteiger charge is -2.15. The van der Waals surface area contributed by atoms with E-state index in [1.807, 2.05) is 61.5 Å². The summed E-state index contributed by atoms with van der Waals surface area (Å²) in [6.07, 6.45) is 3.97. The predicted octanol–water partition coefficient (Wildman–Crippen LogP) is 3.41. The fraction of sp³-hybridized carbons (Fsp3) is 0.222. The van der Waals surface area contributed by atoms with Crippen LogP contribution in [0.2, 0.25) is 0 Å². The SMILES string of the molecule is CC=CCC1(C(=O)O)COC(c2cccc3ccccc23)=N1. The van der Waals surface area contributed by atoms with Crippen molar-refractivity contribution in [3.05, 3.63) is 60.2 Å². The lowest BCUT2D eigenvalue weighted by Crippen LogP contribution is -2.37. The van der Waals surface area contributed by atoms with E-state index in [2.05, 4.69) is 4.99 Å². The van der Waals surface area contributed by atoms with E-state index in [1.165, 1.54) is 0 Å². The summed E-state index contributed by atoms with van der Waals surface area (Å²) in [5, 5.41) is 11.6. The van der Waals surface area contributed by atoms with Gasteiger partial charge in [-0.1, -0.05) is 48.6 Å². The molecule has 3 rings (SSSR count). The van der Waals surface area contributed by atoms with Gasteiger partial charge in [0.1, 0.15) is 6.61 Å². The van der Waals surface area contributed by atoms with Gasteiger partial charge in [-0.25, -0.2) is 9.79 Å². The molecule has 112 valence electrons. The zero-order chi connectivity index (χ0) is 15.6. The third-order valence-corrected chi connectivity index (χ3v) is 3.87. The van der Waals surface area contributed by atoms with Gasteiger partial charge in [-0.15, -0.1) is 0 Å². The second-order valence-electron chi connectivity index (χ2n) is 5.34. The average molecular weight is 295 g/mol. The van der Waals surface area contributed by atoms with Crippen LogP contribution in [0.4, 0.5) is 0 Å². The highest BCUT2D eigenvalue weighted by Gasteiger charge is 2.43. The number of allylic oxidation sites excluding steroid dienone is 1. The average Bonchev–Trinajstić information content (AvgIpc) is 2.98. The zero-order valence-corrected chi connectivity index (χ0v) is 12.3. The largest absolute Gasteiger partial charge is 0.479 e. The van der Waals surface area contributed by atoms with Crippen molar-refractivity contribution in [3.63, 3.8) is 0 Å². The quantitative estimate of drug-likeness (QED) is 0.879. The third-order valence-electron chi connectivity index (χ3n) is 3.87. The Kier molecular flexibility index (Phi) is 3.67. The van der Waals surface area contributed by atoms with Gasteiger partial charge >= 0.3 is 5.97 Å². The van der Waals surface area contributed by atoms with Gasteiger partial charge in [0.25, 0.3) is 0 Å². The van der Waals surface area contributed by atoms with E-state index in [4.69, 9.17) is 4.74 Å². The maximum Gasteiger partial charge on any atom is 0.335 e. The Balaban J connectivity index is 2.08. The molecule has 1 unspecified atom stereocenters. The van der Waals surface area contributed by atoms with E-state index in [0.717, 1.165) is 16.3 Å². The number of carboxylic acids is 1. The predicted molar refractivity (Wildman–Crippen MR) is 86.2 cm³/mol. The standard InChI is InChI=1S/C18H17NO3/c1-2-3-11-18(17(20)21)12-22-16(19-18)15-10-6-8-13-7-4-5-9-14(13)15/h2-10H,11-12H2,1H3,(H,20,21). The maximum absolute atomic E-state index is 11.6. The number of hydrogen-bond acceptors (Lipinski definition) is 3. The number of aliphatic carboxylic acids is 1. The molecule has 1 N–H and O–H groups in total. The Hall–Kier alpha value is -2.62. The normalized spacial score (nSPS) is 21.0. The van der Waals surface area contributed by atoms with E-state index < -0.39 is 11.5 Å². The van der Waals surface area contributed by atoms with Crippen molar-refractivity contribution >= 4 is 22.6 Å². The molecule has 0 fully saturated rings. The number of carboxylic acid groups (broad SMARTS) is 1. The number of benzene rings is 2. The molecule has 0 bridgehead atoms. The highest BCUT2D eigenvalue weighted by Crippen LogP contribution is 2.29. The molecule has 2 aromatic carbocycles. The third kappa shape index (κ3) is 2.37. The lowest BCUT2D eigenvalue weighted by atomic mass is 9.97. The van der Waals surface area contributed by atoms with Crippen LogP contribution in [0.25, 0.3) is 10.8 Å². The molecule has 1 aliphatic heterocycles. The van der Waals surface area contributed by atoms with Crippen molar-refractivity contribution in [2.75, 3.05) is 6.61 Å². The molecule has 2 aromatic rings. The minimum absolute atomic E-state index is 0.0607. The maximum atomic E-state index is 11.6. The van der Waals surface area contributed by atoms with Crippen LogP contribution in [0.5, 0.6) is 0 Å². The summed E-state index contributed by atoms with van der Waals surface area (Å²) in [6.45, 7) is 1.92. The van der Waals surface area contributed by atoms with Crippen LogP contribution in [0, 0.1) is 0 Å². The van der Waals surface area contributed by atoms with Crippen molar-refractivity contribution in [2.24, 2.45) is 4.99 Å². The summed E-state index contributed by atoms with van der Waals surface area (Å²) in [5.74, 6) is -0.551. The minimum atomic E-state index is -1.22. The molecular formula is C18H17NO3. The van der Waals surface area contributed by atoms with E-state index >= 15 is 0 Å². The molecular weight excluding hydrogens is 278 g/mol. The summed E-state index contributed by atoms with van der Waals surface area (Å²) >= 11 is 0. The Morgan fingerprint density at radius 1 is 1.32 bits per heavy atom. The molecule has 4 nitrogen and oxygen atoms in total. The number of ether oxygens (including phenoxy) is 1. The Labute approximate surface area is 128 Å². The number of hydrogen-bond donors (Lipinski definition) is 1. The molecule has 4 heteroatoms. The monoisotopic (exact) mass is 295 g/mol. The van der Waals surface area contributed by atoms with Crippen molar-refractivity contribution in [1.82, 2.24) is 0 Å².